The zero-order chi connectivity index (χ0) is 24.6. The summed E-state index contributed by atoms with van der Waals surface area (Å²) in [4.78, 5) is 23.7. The highest BCUT2D eigenvalue weighted by Crippen LogP contribution is 2.28. The van der Waals surface area contributed by atoms with Crippen molar-refractivity contribution in [1.82, 2.24) is 15.3 Å². The highest BCUT2D eigenvalue weighted by molar-refractivity contribution is 6.05. The lowest BCUT2D eigenvalue weighted by atomic mass is 10.1. The fourth-order valence-corrected chi connectivity index (χ4v) is 4.28. The molecule has 1 fully saturated rings. The lowest BCUT2D eigenvalue weighted by Gasteiger charge is -2.22. The summed E-state index contributed by atoms with van der Waals surface area (Å²) in [5, 5.41) is 3.54. The van der Waals surface area contributed by atoms with E-state index in [1.807, 2.05) is 6.20 Å². The van der Waals surface area contributed by atoms with Gasteiger partial charge < -0.3 is 24.8 Å². The number of hydrogen-bond donors (Lipinski definition) is 2. The Morgan fingerprint density at radius 1 is 1.29 bits per heavy atom. The molecule has 186 valence electrons. The Bertz CT molecular complexity index is 1090. The molecule has 2 N–H and O–H groups in total. The molecule has 1 amide bonds. The number of carbonyl (C=O) groups is 1. The maximum absolute atomic E-state index is 15.1. The largest absolute Gasteiger partial charge is 0.494 e. The normalized spacial score (nSPS) is 15.4. The Hall–Kier alpha value is -3.39. The van der Waals surface area contributed by atoms with Gasteiger partial charge in [-0.1, -0.05) is 13.3 Å². The summed E-state index contributed by atoms with van der Waals surface area (Å²) in [7, 11) is 1.66. The predicted octanol–water partition coefficient (Wildman–Crippen LogP) is 4.42. The third-order valence-electron chi connectivity index (χ3n) is 6.39. The molecule has 1 aliphatic heterocycles. The smallest absolute Gasteiger partial charge is 0.258 e. The molecular weight excluding hydrogens is 445 g/mol. The van der Waals surface area contributed by atoms with Gasteiger partial charge in [-0.25, -0.2) is 9.37 Å². The van der Waals surface area contributed by atoms with Gasteiger partial charge in [0.25, 0.3) is 5.91 Å². The number of nitrogens with one attached hydrogen (secondary N) is 2. The van der Waals surface area contributed by atoms with Crippen molar-refractivity contribution in [3.05, 3.63) is 72.1 Å². The first kappa shape index (κ1) is 24.7. The number of imidazole rings is 1. The number of aromatic nitrogens is 2. The molecule has 2 heterocycles. The molecule has 1 aliphatic rings. The number of nitrogens with zero attached hydrogens (tertiary/aromatic N) is 3. The molecule has 0 radical (unpaired) electrons. The minimum absolute atomic E-state index is 0.195. The molecule has 1 unspecified atom stereocenters. The molecule has 1 atom stereocenters. The molecule has 1 saturated heterocycles. The maximum atomic E-state index is 15.1. The Morgan fingerprint density at radius 3 is 2.83 bits per heavy atom. The summed E-state index contributed by atoms with van der Waals surface area (Å²) in [6, 6.07) is 12.4. The molecule has 0 bridgehead atoms. The standard InChI is InChI=1S/C27H34FN5O2/c1-3-4-15-35-24-8-5-20(6-9-24)27(34)32(2)23-7-10-26(25(28)16-23)33-14-12-22(18-33)30-13-11-21-17-29-19-31-21/h5-10,16-17,19,22,30H,3-4,11-15,18H2,1-2H3,(H,29,31). The highest BCUT2D eigenvalue weighted by Gasteiger charge is 2.25. The monoisotopic (exact) mass is 479 g/mol. The van der Waals surface area contributed by atoms with Crippen LogP contribution in [0.4, 0.5) is 15.8 Å². The average molecular weight is 480 g/mol. The van der Waals surface area contributed by atoms with Crippen LogP contribution in [0.2, 0.25) is 0 Å². The third-order valence-corrected chi connectivity index (χ3v) is 6.39. The number of rotatable bonds is 11. The number of ether oxygens (including phenoxy) is 1. The zero-order valence-electron chi connectivity index (χ0n) is 20.5. The molecular formula is C27H34FN5O2. The Kier molecular flexibility index (Phi) is 8.36. The van der Waals surface area contributed by atoms with Gasteiger partial charge in [-0.3, -0.25) is 4.79 Å². The molecule has 7 nitrogen and oxygen atoms in total. The van der Waals surface area contributed by atoms with E-state index in [1.165, 1.54) is 11.0 Å². The summed E-state index contributed by atoms with van der Waals surface area (Å²) in [5.74, 6) is 0.228. The summed E-state index contributed by atoms with van der Waals surface area (Å²) in [6.45, 7) is 5.15. The zero-order valence-corrected chi connectivity index (χ0v) is 20.5. The number of benzene rings is 2. The number of anilines is 2. The van der Waals surface area contributed by atoms with Gasteiger partial charge in [0.2, 0.25) is 0 Å². The minimum atomic E-state index is -0.320. The number of unbranched alkanes of at least 4 members (excludes halogenated alkanes) is 1. The number of H-pyrrole nitrogens is 1. The predicted molar refractivity (Wildman–Crippen MR) is 137 cm³/mol. The van der Waals surface area contributed by atoms with Crippen LogP contribution in [-0.2, 0) is 6.42 Å². The van der Waals surface area contributed by atoms with Crippen molar-refractivity contribution < 1.29 is 13.9 Å². The lowest BCUT2D eigenvalue weighted by Crippen LogP contribution is -2.34. The van der Waals surface area contributed by atoms with Crippen molar-refractivity contribution >= 4 is 17.3 Å². The quantitative estimate of drug-likeness (QED) is 0.399. The summed E-state index contributed by atoms with van der Waals surface area (Å²) >= 11 is 0. The van der Waals surface area contributed by atoms with E-state index in [9.17, 15) is 4.79 Å². The molecule has 0 spiro atoms. The number of carbonyl (C=O) groups excluding carboxylic acids is 1. The Morgan fingerprint density at radius 2 is 2.11 bits per heavy atom. The van der Waals surface area contributed by atoms with Crippen LogP contribution in [0.5, 0.6) is 5.75 Å². The van der Waals surface area contributed by atoms with Gasteiger partial charge in [0.1, 0.15) is 11.6 Å². The first-order valence-corrected chi connectivity index (χ1v) is 12.3. The average Bonchev–Trinajstić information content (AvgIpc) is 3.56. The van der Waals surface area contributed by atoms with Crippen LogP contribution in [0.1, 0.15) is 42.2 Å². The Labute approximate surface area is 206 Å². The van der Waals surface area contributed by atoms with Gasteiger partial charge in [-0.05, 0) is 55.3 Å². The molecule has 2 aromatic carbocycles. The van der Waals surface area contributed by atoms with Crippen molar-refractivity contribution in [3.63, 3.8) is 0 Å². The van der Waals surface area contributed by atoms with E-state index in [4.69, 9.17) is 4.74 Å². The van der Waals surface area contributed by atoms with Crippen molar-refractivity contribution in [3.8, 4) is 5.75 Å². The van der Waals surface area contributed by atoms with Gasteiger partial charge in [0.05, 0.1) is 24.3 Å². The van der Waals surface area contributed by atoms with Gasteiger partial charge in [0, 0.05) is 56.6 Å². The second-order valence-electron chi connectivity index (χ2n) is 8.92. The first-order valence-electron chi connectivity index (χ1n) is 12.3. The van der Waals surface area contributed by atoms with E-state index < -0.39 is 0 Å². The van der Waals surface area contributed by atoms with Crippen LogP contribution in [0, 0.1) is 5.82 Å². The van der Waals surface area contributed by atoms with Gasteiger partial charge >= 0.3 is 0 Å². The molecule has 0 saturated carbocycles. The number of halogens is 1. The van der Waals surface area contributed by atoms with Crippen LogP contribution < -0.4 is 19.9 Å². The summed E-state index contributed by atoms with van der Waals surface area (Å²) < 4.78 is 20.7. The molecule has 8 heteroatoms. The van der Waals surface area contributed by atoms with E-state index >= 15 is 4.39 Å². The molecule has 4 rings (SSSR count). The van der Waals surface area contributed by atoms with E-state index in [-0.39, 0.29) is 11.7 Å². The molecule has 35 heavy (non-hydrogen) atoms. The fourth-order valence-electron chi connectivity index (χ4n) is 4.28. The van der Waals surface area contributed by atoms with Crippen LogP contribution in [0.25, 0.3) is 0 Å². The number of hydrogen-bond acceptors (Lipinski definition) is 5. The molecule has 0 aliphatic carbocycles. The summed E-state index contributed by atoms with van der Waals surface area (Å²) in [6.07, 6.45) is 7.46. The van der Waals surface area contributed by atoms with Crippen molar-refractivity contribution in [2.75, 3.05) is 43.1 Å². The van der Waals surface area contributed by atoms with Crippen LogP contribution in [-0.4, -0.2) is 55.2 Å². The third kappa shape index (κ3) is 6.39. The SMILES string of the molecule is CCCCOc1ccc(C(=O)N(C)c2ccc(N3CCC(NCCc4c[nH]cn4)C3)c(F)c2)cc1. The van der Waals surface area contributed by atoms with Crippen molar-refractivity contribution in [2.24, 2.45) is 0 Å². The van der Waals surface area contributed by atoms with Crippen LogP contribution in [0.3, 0.4) is 0 Å². The first-order chi connectivity index (χ1) is 17.0. The number of amides is 1. The van der Waals surface area contributed by atoms with E-state index in [0.717, 1.165) is 56.8 Å². The minimum Gasteiger partial charge on any atom is -0.494 e. The van der Waals surface area contributed by atoms with E-state index in [2.05, 4.69) is 27.1 Å². The second-order valence-corrected chi connectivity index (χ2v) is 8.92. The van der Waals surface area contributed by atoms with Gasteiger partial charge in [0.15, 0.2) is 0 Å². The summed E-state index contributed by atoms with van der Waals surface area (Å²) in [5.41, 5.74) is 2.65. The second kappa shape index (κ2) is 11.8. The Balaban J connectivity index is 1.32. The van der Waals surface area contributed by atoms with Crippen LogP contribution >= 0.6 is 0 Å². The van der Waals surface area contributed by atoms with E-state index in [0.29, 0.717) is 29.6 Å². The van der Waals surface area contributed by atoms with E-state index in [1.54, 1.807) is 49.8 Å². The van der Waals surface area contributed by atoms with Crippen molar-refractivity contribution in [2.45, 2.75) is 38.6 Å². The topological polar surface area (TPSA) is 73.5 Å². The fraction of sp³-hybridized carbons (Fsp3) is 0.407. The van der Waals surface area contributed by atoms with Crippen molar-refractivity contribution in [1.29, 1.82) is 0 Å². The highest BCUT2D eigenvalue weighted by atomic mass is 19.1. The molecule has 3 aromatic rings. The van der Waals surface area contributed by atoms with Gasteiger partial charge in [-0.15, -0.1) is 0 Å². The van der Waals surface area contributed by atoms with Crippen LogP contribution in [0.15, 0.2) is 55.0 Å². The van der Waals surface area contributed by atoms with Gasteiger partial charge in [-0.2, -0.15) is 0 Å². The molecule has 1 aromatic heterocycles. The number of aromatic amines is 1. The lowest BCUT2D eigenvalue weighted by molar-refractivity contribution is 0.0993. The maximum Gasteiger partial charge on any atom is 0.258 e.